The van der Waals surface area contributed by atoms with Gasteiger partial charge < -0.3 is 10.7 Å². The van der Waals surface area contributed by atoms with Gasteiger partial charge in [0, 0.05) is 60.8 Å². The number of sulfonamides is 1. The molecule has 0 aliphatic carbocycles. The van der Waals surface area contributed by atoms with E-state index in [9.17, 15) is 26.0 Å². The number of rotatable bonds is 8. The van der Waals surface area contributed by atoms with Crippen molar-refractivity contribution in [2.24, 2.45) is 5.92 Å². The number of aromatic nitrogens is 1. The first-order chi connectivity index (χ1) is 18.3. The van der Waals surface area contributed by atoms with E-state index >= 15 is 0 Å². The monoisotopic (exact) mass is 583 g/mol. The van der Waals surface area contributed by atoms with Crippen molar-refractivity contribution in [2.75, 3.05) is 31.5 Å². The van der Waals surface area contributed by atoms with Crippen LogP contribution in [0.3, 0.4) is 0 Å². The van der Waals surface area contributed by atoms with E-state index in [-0.39, 0.29) is 31.2 Å². The Morgan fingerprint density at radius 3 is 2.49 bits per heavy atom. The lowest BCUT2D eigenvalue weighted by Gasteiger charge is -2.42. The number of hydrogen-bond donors (Lipinski definition) is 2. The highest BCUT2D eigenvalue weighted by Gasteiger charge is 2.42. The number of nitrogens with one attached hydrogen (secondary N) is 2. The highest BCUT2D eigenvalue weighted by Crippen LogP contribution is 2.36. The highest BCUT2D eigenvalue weighted by molar-refractivity contribution is 7.89. The van der Waals surface area contributed by atoms with Crippen LogP contribution < -0.4 is 5.32 Å². The van der Waals surface area contributed by atoms with Gasteiger partial charge in [-0.2, -0.15) is 17.5 Å². The van der Waals surface area contributed by atoms with Crippen molar-refractivity contribution in [3.8, 4) is 0 Å². The number of halogens is 4. The van der Waals surface area contributed by atoms with Crippen molar-refractivity contribution in [3.63, 3.8) is 0 Å². The number of hydrogen-bond acceptors (Lipinski definition) is 7. The molecule has 4 rings (SSSR count). The van der Waals surface area contributed by atoms with Crippen LogP contribution in [0.5, 0.6) is 0 Å². The third kappa shape index (κ3) is 6.48. The summed E-state index contributed by atoms with van der Waals surface area (Å²) in [5.74, 6) is -2.01. The Morgan fingerprint density at radius 1 is 1.21 bits per heavy atom. The fourth-order valence-electron chi connectivity index (χ4n) is 4.59. The third-order valence-corrected chi connectivity index (χ3v) is 9.47. The van der Waals surface area contributed by atoms with Crippen molar-refractivity contribution in [3.05, 3.63) is 69.3 Å². The Bertz CT molecular complexity index is 1440. The SMILES string of the molecule is Cc1nc(S(=O)(=O)N2CCN(CC(C)C(F)(F)F)[C@H](c3cc(C=N)c(Nc4ccc(F)cc4)cc3C)C2)cs1. The summed E-state index contributed by atoms with van der Waals surface area (Å²) in [5, 5.41) is 13.1. The zero-order valence-corrected chi connectivity index (χ0v) is 23.2. The van der Waals surface area contributed by atoms with Crippen LogP contribution in [0.2, 0.25) is 0 Å². The number of thiazole rings is 1. The van der Waals surface area contributed by atoms with E-state index in [1.54, 1.807) is 43.0 Å². The number of nitrogens with zero attached hydrogens (tertiary/aromatic N) is 3. The third-order valence-electron chi connectivity index (χ3n) is 6.80. The highest BCUT2D eigenvalue weighted by atomic mass is 32.2. The molecule has 1 aliphatic rings. The van der Waals surface area contributed by atoms with Gasteiger partial charge in [-0.05, 0) is 61.4 Å². The predicted octanol–water partition coefficient (Wildman–Crippen LogP) is 5.89. The molecule has 7 nitrogen and oxygen atoms in total. The van der Waals surface area contributed by atoms with Crippen molar-refractivity contribution in [1.29, 1.82) is 5.41 Å². The van der Waals surface area contributed by atoms with E-state index in [0.29, 0.717) is 33.1 Å². The van der Waals surface area contributed by atoms with Crippen LogP contribution in [-0.4, -0.2) is 61.2 Å². The molecule has 2 aromatic carbocycles. The average molecular weight is 584 g/mol. The zero-order valence-electron chi connectivity index (χ0n) is 21.6. The maximum absolute atomic E-state index is 13.5. The molecule has 0 bridgehead atoms. The average Bonchev–Trinajstić information content (AvgIpc) is 3.32. The molecule has 39 heavy (non-hydrogen) atoms. The van der Waals surface area contributed by atoms with Crippen LogP contribution in [0, 0.1) is 31.0 Å². The van der Waals surface area contributed by atoms with Crippen LogP contribution in [0.15, 0.2) is 46.8 Å². The Labute approximate surface area is 229 Å². The molecule has 1 saturated heterocycles. The Hall–Kier alpha value is -2.87. The first-order valence-electron chi connectivity index (χ1n) is 12.2. The fourth-order valence-corrected chi connectivity index (χ4v) is 6.93. The van der Waals surface area contributed by atoms with Gasteiger partial charge in [-0.3, -0.25) is 4.90 Å². The molecule has 3 aromatic rings. The predicted molar refractivity (Wildman–Crippen MR) is 144 cm³/mol. The van der Waals surface area contributed by atoms with Crippen LogP contribution in [0.25, 0.3) is 0 Å². The van der Waals surface area contributed by atoms with Crippen molar-refractivity contribution in [2.45, 2.75) is 38.0 Å². The van der Waals surface area contributed by atoms with Crippen LogP contribution >= 0.6 is 11.3 Å². The lowest BCUT2D eigenvalue weighted by atomic mass is 9.94. The standard InChI is InChI=1S/C26H29F4N5O2S2/c1-16-10-23(33-21-6-4-20(27)5-7-21)19(12-31)11-22(16)24-14-35(39(36,37)25-15-38-18(3)32-25)9-8-34(24)13-17(2)26(28,29)30/h4-7,10-12,15,17,24,31,33H,8-9,13-14H2,1-3H3/t17?,24-/m0/s1. The lowest BCUT2D eigenvalue weighted by Crippen LogP contribution is -2.52. The molecule has 0 saturated carbocycles. The van der Waals surface area contributed by atoms with E-state index < -0.39 is 34.0 Å². The summed E-state index contributed by atoms with van der Waals surface area (Å²) in [6.45, 7) is 4.38. The summed E-state index contributed by atoms with van der Waals surface area (Å²) >= 11 is 1.21. The molecule has 1 unspecified atom stereocenters. The van der Waals surface area contributed by atoms with Crippen molar-refractivity contribution < 1.29 is 26.0 Å². The second kappa shape index (κ2) is 11.3. The molecule has 0 amide bonds. The minimum atomic E-state index is -4.40. The van der Waals surface area contributed by atoms with Crippen LogP contribution in [0.4, 0.5) is 28.9 Å². The largest absolute Gasteiger partial charge is 0.392 e. The summed E-state index contributed by atoms with van der Waals surface area (Å²) in [6.07, 6.45) is -3.28. The fraction of sp³-hybridized carbons (Fsp3) is 0.385. The summed E-state index contributed by atoms with van der Waals surface area (Å²) in [5.41, 5.74) is 2.96. The smallest absolute Gasteiger partial charge is 0.355 e. The molecule has 1 fully saturated rings. The van der Waals surface area contributed by atoms with Gasteiger partial charge in [0.15, 0.2) is 5.03 Å². The number of benzene rings is 2. The van der Waals surface area contributed by atoms with Gasteiger partial charge in [0.1, 0.15) is 5.82 Å². The number of anilines is 2. The molecule has 1 aromatic heterocycles. The van der Waals surface area contributed by atoms with Gasteiger partial charge in [-0.15, -0.1) is 11.3 Å². The van der Waals surface area contributed by atoms with Gasteiger partial charge >= 0.3 is 6.18 Å². The van der Waals surface area contributed by atoms with E-state index in [4.69, 9.17) is 5.41 Å². The second-order valence-electron chi connectivity index (χ2n) is 9.59. The number of piperazine rings is 1. The molecule has 0 spiro atoms. The van der Waals surface area contributed by atoms with Gasteiger partial charge in [0.25, 0.3) is 10.0 Å². The van der Waals surface area contributed by atoms with Crippen molar-refractivity contribution in [1.82, 2.24) is 14.2 Å². The molecule has 2 N–H and O–H groups in total. The summed E-state index contributed by atoms with van der Waals surface area (Å²) in [7, 11) is -3.95. The topological polar surface area (TPSA) is 89.4 Å². The molecule has 13 heteroatoms. The van der Waals surface area contributed by atoms with Gasteiger partial charge in [0.05, 0.1) is 10.9 Å². The normalized spacial score (nSPS) is 18.2. The molecular weight excluding hydrogens is 554 g/mol. The van der Waals surface area contributed by atoms with Gasteiger partial charge in [0.2, 0.25) is 0 Å². The Balaban J connectivity index is 1.71. The Kier molecular flexibility index (Phi) is 8.45. The number of alkyl halides is 3. The lowest BCUT2D eigenvalue weighted by molar-refractivity contribution is -0.176. The molecule has 2 atom stereocenters. The van der Waals surface area contributed by atoms with E-state index in [1.165, 1.54) is 33.2 Å². The molecule has 0 radical (unpaired) electrons. The summed E-state index contributed by atoms with van der Waals surface area (Å²) < 4.78 is 81.8. The number of aryl methyl sites for hydroxylation is 2. The second-order valence-corrected chi connectivity index (χ2v) is 12.5. The van der Waals surface area contributed by atoms with E-state index in [2.05, 4.69) is 10.3 Å². The minimum Gasteiger partial charge on any atom is -0.355 e. The van der Waals surface area contributed by atoms with Gasteiger partial charge in [-0.1, -0.05) is 6.92 Å². The maximum Gasteiger partial charge on any atom is 0.392 e. The van der Waals surface area contributed by atoms with Crippen LogP contribution in [-0.2, 0) is 10.0 Å². The van der Waals surface area contributed by atoms with E-state index in [0.717, 1.165) is 13.1 Å². The first-order valence-corrected chi connectivity index (χ1v) is 14.5. The molecule has 1 aliphatic heterocycles. The first kappa shape index (κ1) is 29.1. The summed E-state index contributed by atoms with van der Waals surface area (Å²) in [4.78, 5) is 5.79. The zero-order chi connectivity index (χ0) is 28.5. The van der Waals surface area contributed by atoms with Crippen LogP contribution in [0.1, 0.15) is 34.7 Å². The quantitative estimate of drug-likeness (QED) is 0.255. The molecular formula is C26H29F4N5O2S2. The van der Waals surface area contributed by atoms with Gasteiger partial charge in [-0.25, -0.2) is 17.8 Å². The molecule has 210 valence electrons. The maximum atomic E-state index is 13.5. The summed E-state index contributed by atoms with van der Waals surface area (Å²) in [6, 6.07) is 8.49. The Morgan fingerprint density at radius 2 is 1.90 bits per heavy atom. The van der Waals surface area contributed by atoms with E-state index in [1.807, 2.05) is 0 Å². The molecule has 2 heterocycles. The minimum absolute atomic E-state index is 0.0284. The van der Waals surface area contributed by atoms with Crippen molar-refractivity contribution >= 4 is 38.9 Å².